The van der Waals surface area contributed by atoms with Crippen molar-refractivity contribution >= 4 is 23.5 Å². The van der Waals surface area contributed by atoms with Crippen LogP contribution >= 0.6 is 0 Å². The van der Waals surface area contributed by atoms with Crippen LogP contribution in [-0.2, 0) is 9.59 Å². The number of rotatable bonds is 0. The van der Waals surface area contributed by atoms with Crippen molar-refractivity contribution in [1.82, 2.24) is 10.6 Å². The Labute approximate surface area is 103 Å². The van der Waals surface area contributed by atoms with Crippen LogP contribution in [0.3, 0.4) is 0 Å². The highest BCUT2D eigenvalue weighted by Crippen LogP contribution is 2.29. The van der Waals surface area contributed by atoms with Crippen LogP contribution in [0.4, 0.5) is 0 Å². The van der Waals surface area contributed by atoms with E-state index in [0.29, 0.717) is 24.4 Å². The molecule has 0 saturated carbocycles. The lowest BCUT2D eigenvalue weighted by Gasteiger charge is -2.11. The zero-order valence-corrected chi connectivity index (χ0v) is 9.43. The monoisotopic (exact) mass is 245 g/mol. The van der Waals surface area contributed by atoms with Crippen LogP contribution in [0.1, 0.15) is 6.42 Å². The molecule has 0 spiro atoms. The second-order valence-corrected chi connectivity index (χ2v) is 4.16. The van der Waals surface area contributed by atoms with Gasteiger partial charge in [-0.1, -0.05) is 6.08 Å². The Morgan fingerprint density at radius 2 is 2.17 bits per heavy atom. The maximum Gasteiger partial charge on any atom is 0.276 e. The van der Waals surface area contributed by atoms with Gasteiger partial charge in [0.2, 0.25) is 5.96 Å². The third kappa shape index (κ3) is 1.52. The molecule has 0 aromatic carbocycles. The van der Waals surface area contributed by atoms with Gasteiger partial charge in [0.1, 0.15) is 11.4 Å². The molecule has 4 N–H and O–H groups in total. The number of guanidine groups is 1. The minimum Gasteiger partial charge on any atom is -0.369 e. The Balaban J connectivity index is 2.09. The molecule has 0 bridgehead atoms. The topological polar surface area (TPSA) is 109 Å². The van der Waals surface area contributed by atoms with Crippen LogP contribution in [0.25, 0.3) is 0 Å². The van der Waals surface area contributed by atoms with Gasteiger partial charge in [-0.2, -0.15) is 0 Å². The number of carbonyl (C=O) groups excluding carboxylic acids is 2. The number of nitrogens with zero attached hydrogens (tertiary/aromatic N) is 2. The fourth-order valence-electron chi connectivity index (χ4n) is 2.28. The molecule has 3 heterocycles. The third-order valence-corrected chi connectivity index (χ3v) is 3.07. The van der Waals surface area contributed by atoms with Crippen molar-refractivity contribution < 1.29 is 9.59 Å². The fourth-order valence-corrected chi connectivity index (χ4v) is 2.28. The number of fused-ring (bicyclic) bond motifs is 1. The molecule has 2 amide bonds. The summed E-state index contributed by atoms with van der Waals surface area (Å²) in [5.41, 5.74) is 6.96. The van der Waals surface area contributed by atoms with E-state index in [1.165, 1.54) is 0 Å². The molecule has 0 unspecified atom stereocenters. The maximum atomic E-state index is 11.7. The normalized spacial score (nSPS) is 30.3. The number of nitrogens with one attached hydrogen (secondary N) is 2. The molecule has 0 aromatic heterocycles. The molecular weight excluding hydrogens is 234 g/mol. The summed E-state index contributed by atoms with van der Waals surface area (Å²) < 4.78 is 0. The Hall–Kier alpha value is -2.44. The predicted octanol–water partition coefficient (Wildman–Crippen LogP) is -1.21. The molecule has 7 heteroatoms. The zero-order valence-electron chi connectivity index (χ0n) is 9.43. The first-order valence-electron chi connectivity index (χ1n) is 5.58. The van der Waals surface area contributed by atoms with Crippen LogP contribution < -0.4 is 16.4 Å². The first-order valence-corrected chi connectivity index (χ1v) is 5.58. The summed E-state index contributed by atoms with van der Waals surface area (Å²) in [6, 6.07) is 0. The van der Waals surface area contributed by atoms with E-state index in [1.807, 2.05) is 0 Å². The van der Waals surface area contributed by atoms with E-state index in [0.717, 1.165) is 5.57 Å². The summed E-state index contributed by atoms with van der Waals surface area (Å²) in [6.45, 7) is 0.462. The number of hydrogen-bond donors (Lipinski definition) is 3. The summed E-state index contributed by atoms with van der Waals surface area (Å²) >= 11 is 0. The Kier molecular flexibility index (Phi) is 2.26. The lowest BCUT2D eigenvalue weighted by atomic mass is 9.91. The van der Waals surface area contributed by atoms with Gasteiger partial charge >= 0.3 is 0 Å². The summed E-state index contributed by atoms with van der Waals surface area (Å²) in [5, 5.41) is 5.18. The summed E-state index contributed by atoms with van der Waals surface area (Å²) in [6.07, 6.45) is 3.92. The number of nitrogens with two attached hydrogens (primary N) is 1. The van der Waals surface area contributed by atoms with Crippen molar-refractivity contribution in [3.63, 3.8) is 0 Å². The molecule has 1 saturated heterocycles. The van der Waals surface area contributed by atoms with E-state index in [1.54, 1.807) is 12.3 Å². The highest BCUT2D eigenvalue weighted by Gasteiger charge is 2.34. The molecule has 92 valence electrons. The highest BCUT2D eigenvalue weighted by molar-refractivity contribution is 6.41. The Morgan fingerprint density at radius 3 is 2.89 bits per heavy atom. The Bertz CT molecular complexity index is 570. The minimum atomic E-state index is -0.323. The molecule has 0 radical (unpaired) electrons. The molecule has 3 aliphatic heterocycles. The number of amides is 2. The minimum absolute atomic E-state index is 0.0893. The van der Waals surface area contributed by atoms with Gasteiger partial charge < -0.3 is 11.1 Å². The van der Waals surface area contributed by atoms with Crippen molar-refractivity contribution in [2.45, 2.75) is 6.42 Å². The van der Waals surface area contributed by atoms with E-state index in [2.05, 4.69) is 20.6 Å². The van der Waals surface area contributed by atoms with Crippen molar-refractivity contribution in [3.05, 3.63) is 23.5 Å². The van der Waals surface area contributed by atoms with Crippen LogP contribution in [0.5, 0.6) is 0 Å². The van der Waals surface area contributed by atoms with Crippen molar-refractivity contribution in [1.29, 1.82) is 0 Å². The largest absolute Gasteiger partial charge is 0.369 e. The molecular formula is C11H11N5O2. The number of carbonyl (C=O) groups is 2. The summed E-state index contributed by atoms with van der Waals surface area (Å²) in [4.78, 5) is 31.5. The Morgan fingerprint density at radius 1 is 1.33 bits per heavy atom. The maximum absolute atomic E-state index is 11.7. The average Bonchev–Trinajstić information content (AvgIpc) is 2.88. The van der Waals surface area contributed by atoms with Crippen LogP contribution in [0.2, 0.25) is 0 Å². The highest BCUT2D eigenvalue weighted by atomic mass is 16.2. The van der Waals surface area contributed by atoms with E-state index >= 15 is 0 Å². The quantitative estimate of drug-likeness (QED) is 0.466. The molecule has 0 aliphatic carbocycles. The second kappa shape index (κ2) is 3.80. The van der Waals surface area contributed by atoms with Gasteiger partial charge in [0, 0.05) is 12.7 Å². The van der Waals surface area contributed by atoms with Crippen molar-refractivity contribution in [2.24, 2.45) is 21.6 Å². The molecule has 3 aliphatic rings. The summed E-state index contributed by atoms with van der Waals surface area (Å²) in [7, 11) is 0. The summed E-state index contributed by atoms with van der Waals surface area (Å²) in [5.74, 6) is -0.707. The molecule has 3 rings (SSSR count). The lowest BCUT2D eigenvalue weighted by molar-refractivity contribution is -0.116. The third-order valence-electron chi connectivity index (χ3n) is 3.07. The molecule has 18 heavy (non-hydrogen) atoms. The molecule has 7 nitrogen and oxygen atoms in total. The van der Waals surface area contributed by atoms with Crippen LogP contribution in [0.15, 0.2) is 33.5 Å². The zero-order chi connectivity index (χ0) is 12.7. The number of aliphatic imine (C=N–C) groups is 2. The van der Waals surface area contributed by atoms with Gasteiger partial charge in [-0.05, 0) is 12.0 Å². The van der Waals surface area contributed by atoms with E-state index in [9.17, 15) is 9.59 Å². The lowest BCUT2D eigenvalue weighted by Crippen LogP contribution is -2.31. The van der Waals surface area contributed by atoms with Gasteiger partial charge in [0.05, 0.1) is 5.92 Å². The van der Waals surface area contributed by atoms with Gasteiger partial charge in [0.15, 0.2) is 0 Å². The standard InChI is InChI=1S/C11H11N5O2/c12-11-15-8(10(18)16-11)6-2-4-14-9(17)7-5(6)1-3-13-7/h1,3,5H,2,4H2,(H,14,17)(H3,12,15,16,18)/b8-6-/t5-/m0/s1. The second-order valence-electron chi connectivity index (χ2n) is 4.16. The molecule has 1 fully saturated rings. The number of allylic oxidation sites excluding steroid dienone is 1. The first-order chi connectivity index (χ1) is 8.66. The van der Waals surface area contributed by atoms with E-state index in [-0.39, 0.29) is 23.7 Å². The SMILES string of the molecule is NC1=N/C(=C2/CCNC(=O)C3=NC=C[C@H]32)C(=O)N1. The van der Waals surface area contributed by atoms with Crippen LogP contribution in [0, 0.1) is 5.92 Å². The van der Waals surface area contributed by atoms with Gasteiger partial charge in [-0.25, -0.2) is 4.99 Å². The van der Waals surface area contributed by atoms with E-state index in [4.69, 9.17) is 5.73 Å². The molecule has 1 atom stereocenters. The predicted molar refractivity (Wildman–Crippen MR) is 64.5 cm³/mol. The van der Waals surface area contributed by atoms with Gasteiger partial charge in [-0.15, -0.1) is 0 Å². The van der Waals surface area contributed by atoms with E-state index < -0.39 is 0 Å². The van der Waals surface area contributed by atoms with Crippen molar-refractivity contribution in [2.75, 3.05) is 6.54 Å². The average molecular weight is 245 g/mol. The van der Waals surface area contributed by atoms with Gasteiger partial charge in [-0.3, -0.25) is 19.9 Å². The number of hydrogen-bond acceptors (Lipinski definition) is 5. The fraction of sp³-hybridized carbons (Fsp3) is 0.273. The van der Waals surface area contributed by atoms with Gasteiger partial charge in [0.25, 0.3) is 11.8 Å². The first kappa shape index (κ1) is 10.7. The smallest absolute Gasteiger partial charge is 0.276 e. The van der Waals surface area contributed by atoms with Crippen LogP contribution in [-0.4, -0.2) is 30.0 Å². The molecule has 0 aromatic rings. The van der Waals surface area contributed by atoms with Crippen molar-refractivity contribution in [3.8, 4) is 0 Å².